The van der Waals surface area contributed by atoms with Crippen molar-refractivity contribution in [3.63, 3.8) is 0 Å². The maximum Gasteiger partial charge on any atom is 0.233 e. The van der Waals surface area contributed by atoms with Crippen molar-refractivity contribution in [1.82, 2.24) is 15.0 Å². The molecule has 1 amide bonds. The fraction of sp³-hybridized carbons (Fsp3) is 0.238. The SMILES string of the molecule is CN(c1ncccc1CCc1ccnc(Nc2ccc3c(c2)CC(=O)N3)n1)S(C)(=O)=O. The molecule has 0 spiro atoms. The second-order valence-corrected chi connectivity index (χ2v) is 9.32. The predicted molar refractivity (Wildman–Crippen MR) is 119 cm³/mol. The lowest BCUT2D eigenvalue weighted by molar-refractivity contribution is -0.115. The number of aromatic nitrogens is 3. The van der Waals surface area contributed by atoms with Crippen LogP contribution in [0.4, 0.5) is 23.1 Å². The Balaban J connectivity index is 1.47. The minimum atomic E-state index is -3.40. The van der Waals surface area contributed by atoms with Gasteiger partial charge in [0.05, 0.1) is 12.7 Å². The Labute approximate surface area is 180 Å². The molecular weight excluding hydrogens is 416 g/mol. The van der Waals surface area contributed by atoms with Gasteiger partial charge < -0.3 is 10.6 Å². The summed E-state index contributed by atoms with van der Waals surface area (Å²) < 4.78 is 25.0. The van der Waals surface area contributed by atoms with Gasteiger partial charge in [-0.25, -0.2) is 23.4 Å². The molecule has 160 valence electrons. The number of sulfonamides is 1. The third-order valence-corrected chi connectivity index (χ3v) is 6.18. The summed E-state index contributed by atoms with van der Waals surface area (Å²) in [5, 5.41) is 5.98. The summed E-state index contributed by atoms with van der Waals surface area (Å²) in [6.45, 7) is 0. The highest BCUT2D eigenvalue weighted by Gasteiger charge is 2.18. The summed E-state index contributed by atoms with van der Waals surface area (Å²) in [4.78, 5) is 24.6. The van der Waals surface area contributed by atoms with Crippen LogP contribution >= 0.6 is 0 Å². The molecule has 9 nitrogen and oxygen atoms in total. The van der Waals surface area contributed by atoms with E-state index in [4.69, 9.17) is 0 Å². The molecule has 0 saturated carbocycles. The molecule has 1 aliphatic rings. The molecule has 10 heteroatoms. The third-order valence-electron chi connectivity index (χ3n) is 5.01. The first-order chi connectivity index (χ1) is 14.8. The fourth-order valence-electron chi connectivity index (χ4n) is 3.36. The number of anilines is 4. The number of amides is 1. The summed E-state index contributed by atoms with van der Waals surface area (Å²) in [6, 6.07) is 11.1. The van der Waals surface area contributed by atoms with Gasteiger partial charge in [-0.3, -0.25) is 9.10 Å². The number of rotatable bonds is 7. The molecule has 1 aromatic carbocycles. The lowest BCUT2D eigenvalue weighted by atomic mass is 10.1. The number of carbonyl (C=O) groups excluding carboxylic acids is 1. The first-order valence-corrected chi connectivity index (χ1v) is 11.5. The molecule has 1 aliphatic heterocycles. The topological polar surface area (TPSA) is 117 Å². The van der Waals surface area contributed by atoms with Gasteiger partial charge in [0.2, 0.25) is 21.9 Å². The molecule has 0 fully saturated rings. The zero-order chi connectivity index (χ0) is 22.0. The number of carbonyl (C=O) groups is 1. The maximum atomic E-state index is 11.9. The lowest BCUT2D eigenvalue weighted by Crippen LogP contribution is -2.27. The van der Waals surface area contributed by atoms with E-state index in [1.165, 1.54) is 11.4 Å². The van der Waals surface area contributed by atoms with E-state index in [1.54, 1.807) is 18.5 Å². The summed E-state index contributed by atoms with van der Waals surface area (Å²) in [5.41, 5.74) is 4.20. The molecule has 0 atom stereocenters. The van der Waals surface area contributed by atoms with Crippen molar-refractivity contribution in [3.8, 4) is 0 Å². The second-order valence-electron chi connectivity index (χ2n) is 7.31. The molecule has 3 heterocycles. The van der Waals surface area contributed by atoms with Crippen molar-refractivity contribution >= 4 is 39.1 Å². The monoisotopic (exact) mass is 438 g/mol. The zero-order valence-corrected chi connectivity index (χ0v) is 18.0. The van der Waals surface area contributed by atoms with E-state index in [2.05, 4.69) is 25.6 Å². The van der Waals surface area contributed by atoms with Gasteiger partial charge in [-0.1, -0.05) is 6.07 Å². The van der Waals surface area contributed by atoms with Crippen LogP contribution in [0.1, 0.15) is 16.8 Å². The van der Waals surface area contributed by atoms with Crippen molar-refractivity contribution in [1.29, 1.82) is 0 Å². The molecule has 0 unspecified atom stereocenters. The number of hydrogen-bond acceptors (Lipinski definition) is 7. The zero-order valence-electron chi connectivity index (χ0n) is 17.2. The summed E-state index contributed by atoms with van der Waals surface area (Å²) in [7, 11) is -1.91. The van der Waals surface area contributed by atoms with Crippen molar-refractivity contribution < 1.29 is 13.2 Å². The molecule has 3 aromatic rings. The van der Waals surface area contributed by atoms with Crippen molar-refractivity contribution in [3.05, 3.63) is 65.6 Å². The Morgan fingerprint density at radius 3 is 2.77 bits per heavy atom. The van der Waals surface area contributed by atoms with E-state index in [1.807, 2.05) is 30.3 Å². The van der Waals surface area contributed by atoms with Crippen LogP contribution < -0.4 is 14.9 Å². The highest BCUT2D eigenvalue weighted by Crippen LogP contribution is 2.27. The Morgan fingerprint density at radius 2 is 1.97 bits per heavy atom. The molecule has 4 rings (SSSR count). The van der Waals surface area contributed by atoms with Gasteiger partial charge >= 0.3 is 0 Å². The second kappa shape index (κ2) is 8.31. The van der Waals surface area contributed by atoms with E-state index < -0.39 is 10.0 Å². The Morgan fingerprint density at radius 1 is 1.13 bits per heavy atom. The van der Waals surface area contributed by atoms with Crippen LogP contribution in [-0.2, 0) is 34.1 Å². The molecule has 2 N–H and O–H groups in total. The number of fused-ring (bicyclic) bond motifs is 1. The van der Waals surface area contributed by atoms with Crippen molar-refractivity contribution in [2.75, 3.05) is 28.2 Å². The van der Waals surface area contributed by atoms with Crippen LogP contribution in [0.25, 0.3) is 0 Å². The molecule has 0 saturated heterocycles. The average molecular weight is 439 g/mol. The number of nitrogens with zero attached hydrogens (tertiary/aromatic N) is 4. The number of hydrogen-bond donors (Lipinski definition) is 2. The normalized spacial score (nSPS) is 12.9. The molecule has 0 radical (unpaired) electrons. The van der Waals surface area contributed by atoms with Gasteiger partial charge in [-0.2, -0.15) is 0 Å². The number of benzene rings is 1. The number of nitrogens with one attached hydrogen (secondary N) is 2. The molecule has 31 heavy (non-hydrogen) atoms. The van der Waals surface area contributed by atoms with Gasteiger partial charge in [0.1, 0.15) is 5.82 Å². The Bertz CT molecular complexity index is 1250. The highest BCUT2D eigenvalue weighted by molar-refractivity contribution is 7.92. The van der Waals surface area contributed by atoms with Crippen LogP contribution in [-0.4, -0.2) is 42.6 Å². The summed E-state index contributed by atoms with van der Waals surface area (Å²) >= 11 is 0. The predicted octanol–water partition coefficient (Wildman–Crippen LogP) is 2.29. The van der Waals surface area contributed by atoms with Crippen LogP contribution in [0.3, 0.4) is 0 Å². The molecule has 0 aliphatic carbocycles. The molecule has 0 bridgehead atoms. The minimum absolute atomic E-state index is 0.0123. The van der Waals surface area contributed by atoms with E-state index in [9.17, 15) is 13.2 Å². The highest BCUT2D eigenvalue weighted by atomic mass is 32.2. The van der Waals surface area contributed by atoms with Crippen molar-refractivity contribution in [2.24, 2.45) is 0 Å². The van der Waals surface area contributed by atoms with Crippen molar-refractivity contribution in [2.45, 2.75) is 19.3 Å². The minimum Gasteiger partial charge on any atom is -0.326 e. The Hall–Kier alpha value is -3.53. The average Bonchev–Trinajstić information content (AvgIpc) is 3.11. The first-order valence-electron chi connectivity index (χ1n) is 9.69. The number of pyridine rings is 1. The standard InChI is InChI=1S/C21H22N6O3S/c1-27(31(2,29)30)20-14(4-3-10-22-20)5-6-16-9-11-23-21(24-16)25-17-7-8-18-15(12-17)13-19(28)26-18/h3-4,7-12H,5-6,13H2,1-2H3,(H,26,28)(H,23,24,25). The van der Waals surface area contributed by atoms with Gasteiger partial charge in [-0.15, -0.1) is 0 Å². The molecular formula is C21H22N6O3S. The van der Waals surface area contributed by atoms with E-state index in [-0.39, 0.29) is 5.91 Å². The quantitative estimate of drug-likeness (QED) is 0.581. The van der Waals surface area contributed by atoms with Crippen LogP contribution in [0.5, 0.6) is 0 Å². The Kier molecular flexibility index (Phi) is 5.55. The van der Waals surface area contributed by atoms with E-state index in [0.717, 1.165) is 34.5 Å². The van der Waals surface area contributed by atoms with E-state index >= 15 is 0 Å². The van der Waals surface area contributed by atoms with Gasteiger partial charge in [0.15, 0.2) is 0 Å². The van der Waals surface area contributed by atoms with E-state index in [0.29, 0.717) is 31.0 Å². The number of aryl methyl sites for hydroxylation is 2. The summed E-state index contributed by atoms with van der Waals surface area (Å²) in [5.74, 6) is 0.856. The van der Waals surface area contributed by atoms with Gasteiger partial charge in [-0.05, 0) is 54.3 Å². The van der Waals surface area contributed by atoms with Gasteiger partial charge in [0, 0.05) is 36.5 Å². The maximum absolute atomic E-state index is 11.9. The largest absolute Gasteiger partial charge is 0.326 e. The van der Waals surface area contributed by atoms with Crippen LogP contribution in [0.2, 0.25) is 0 Å². The van der Waals surface area contributed by atoms with Gasteiger partial charge in [0.25, 0.3) is 0 Å². The lowest BCUT2D eigenvalue weighted by Gasteiger charge is -2.18. The van der Waals surface area contributed by atoms with Crippen LogP contribution in [0, 0.1) is 0 Å². The van der Waals surface area contributed by atoms with Crippen LogP contribution in [0.15, 0.2) is 48.8 Å². The third kappa shape index (κ3) is 4.80. The molecule has 2 aromatic heterocycles. The fourth-order valence-corrected chi connectivity index (χ4v) is 3.84. The smallest absolute Gasteiger partial charge is 0.233 e. The first kappa shape index (κ1) is 20.7. The summed E-state index contributed by atoms with van der Waals surface area (Å²) in [6.07, 6.45) is 5.94.